The molecule has 0 amide bonds. The Balaban J connectivity index is 0.899. The van der Waals surface area contributed by atoms with Crippen LogP contribution >= 0.6 is 11.3 Å². The Morgan fingerprint density at radius 2 is 1.30 bits per heavy atom. The largest absolute Gasteiger partial charge is 0.254 e. The molecule has 9 aromatic rings. The Hall–Kier alpha value is -7.01. The first-order chi connectivity index (χ1) is 28.2. The summed E-state index contributed by atoms with van der Waals surface area (Å²) in [6.07, 6.45) is 22.6. The predicted octanol–water partition coefficient (Wildman–Crippen LogP) is 13.5. The summed E-state index contributed by atoms with van der Waals surface area (Å²) in [5.41, 5.74) is 15.5. The maximum atomic E-state index is 5.29. The minimum absolute atomic E-state index is 0.267. The fourth-order valence-electron chi connectivity index (χ4n) is 9.95. The molecule has 0 saturated carbocycles. The molecule has 13 rings (SSSR count). The summed E-state index contributed by atoms with van der Waals surface area (Å²) >= 11 is 1.88. The predicted molar refractivity (Wildman–Crippen MR) is 239 cm³/mol. The number of aromatic nitrogens is 3. The molecule has 3 nitrogen and oxygen atoms in total. The second-order valence-corrected chi connectivity index (χ2v) is 16.5. The molecular weight excluding hydrogens is 711 g/mol. The third-order valence-electron chi connectivity index (χ3n) is 12.5. The monoisotopic (exact) mass is 741 g/mol. The van der Waals surface area contributed by atoms with Crippen molar-refractivity contribution >= 4 is 86.1 Å². The summed E-state index contributed by atoms with van der Waals surface area (Å²) < 4.78 is 2.65. The fourth-order valence-corrected chi connectivity index (χ4v) is 11.2. The number of allylic oxidation sites excluding steroid dienone is 14. The molecule has 264 valence electrons. The molecule has 0 aliphatic heterocycles. The van der Waals surface area contributed by atoms with Crippen molar-refractivity contribution in [1.82, 2.24) is 15.0 Å². The second kappa shape index (κ2) is 11.8. The van der Waals surface area contributed by atoms with Crippen molar-refractivity contribution in [3.63, 3.8) is 0 Å². The molecule has 0 fully saturated rings. The van der Waals surface area contributed by atoms with Crippen LogP contribution in [0.4, 0.5) is 0 Å². The summed E-state index contributed by atoms with van der Waals surface area (Å²) in [6.45, 7) is 0. The van der Waals surface area contributed by atoms with E-state index in [9.17, 15) is 0 Å². The summed E-state index contributed by atoms with van der Waals surface area (Å²) in [4.78, 5) is 14.8. The molecule has 2 atom stereocenters. The highest BCUT2D eigenvalue weighted by Gasteiger charge is 2.40. The fraction of sp³-hybridized carbons (Fsp3) is 0.0377. The van der Waals surface area contributed by atoms with Crippen molar-refractivity contribution in [3.8, 4) is 11.3 Å². The van der Waals surface area contributed by atoms with E-state index in [0.717, 1.165) is 38.6 Å². The van der Waals surface area contributed by atoms with Gasteiger partial charge in [0, 0.05) is 76.9 Å². The van der Waals surface area contributed by atoms with E-state index in [1.807, 2.05) is 29.8 Å². The molecule has 0 N–H and O–H groups in total. The van der Waals surface area contributed by atoms with Crippen molar-refractivity contribution in [2.45, 2.75) is 0 Å². The van der Waals surface area contributed by atoms with E-state index in [4.69, 9.17) is 15.0 Å². The van der Waals surface area contributed by atoms with E-state index in [-0.39, 0.29) is 11.8 Å². The number of hydrogen-bond donors (Lipinski definition) is 0. The molecule has 4 heteroatoms. The SMILES string of the molecule is C1=CC2=CC=C(c3ccnc4c3ccc3cccnc34)C3=CC=C4C=C(c5ccc(-c6nc7ccccc7c7c6ccc6c8ccccc8sc67)cc5)C=C1C4C23. The molecule has 0 saturated heterocycles. The van der Waals surface area contributed by atoms with Gasteiger partial charge in [-0.25, -0.2) is 4.98 Å². The van der Waals surface area contributed by atoms with Gasteiger partial charge in [-0.15, -0.1) is 11.3 Å². The highest BCUT2D eigenvalue weighted by atomic mass is 32.1. The number of nitrogens with zero attached hydrogens (tertiary/aromatic N) is 3. The first kappa shape index (κ1) is 31.2. The highest BCUT2D eigenvalue weighted by Crippen LogP contribution is 2.53. The zero-order valence-electron chi connectivity index (χ0n) is 30.6. The van der Waals surface area contributed by atoms with Gasteiger partial charge in [0.1, 0.15) is 0 Å². The summed E-state index contributed by atoms with van der Waals surface area (Å²) in [7, 11) is 0. The Morgan fingerprint density at radius 3 is 2.25 bits per heavy atom. The van der Waals surface area contributed by atoms with Crippen LogP contribution in [0.3, 0.4) is 0 Å². The topological polar surface area (TPSA) is 38.7 Å². The van der Waals surface area contributed by atoms with Crippen molar-refractivity contribution in [2.24, 2.45) is 11.8 Å². The van der Waals surface area contributed by atoms with Crippen LogP contribution in [0.5, 0.6) is 0 Å². The summed E-state index contributed by atoms with van der Waals surface area (Å²) in [5.74, 6) is 0.547. The van der Waals surface area contributed by atoms with E-state index in [1.165, 1.54) is 80.9 Å². The van der Waals surface area contributed by atoms with Crippen LogP contribution in [0.25, 0.3) is 86.1 Å². The van der Waals surface area contributed by atoms with Crippen LogP contribution in [-0.4, -0.2) is 15.0 Å². The van der Waals surface area contributed by atoms with Gasteiger partial charge in [-0.2, -0.15) is 0 Å². The van der Waals surface area contributed by atoms with Crippen LogP contribution in [-0.2, 0) is 0 Å². The standard InChI is InChI=1S/C53H31N3S/c1-3-9-45-43(8-1)49-44(24-23-42-39-7-2-4-10-46(39)57-53(42)49)50(56-45)33-14-11-30(12-15-33)36-28-34-16-13-31-17-20-37(40-21-19-35(29-36)47(34)48(31)40)38-25-27-55-52-41(38)22-18-32-6-5-26-54-51(32)52/h1-29,47-48H. The van der Waals surface area contributed by atoms with Crippen molar-refractivity contribution in [2.75, 3.05) is 0 Å². The van der Waals surface area contributed by atoms with Gasteiger partial charge in [-0.05, 0) is 68.8 Å². The van der Waals surface area contributed by atoms with Crippen LogP contribution in [0, 0.1) is 11.8 Å². The van der Waals surface area contributed by atoms with Gasteiger partial charge in [0.25, 0.3) is 0 Å². The lowest BCUT2D eigenvalue weighted by Gasteiger charge is -2.41. The molecule has 0 radical (unpaired) electrons. The molecule has 2 unspecified atom stereocenters. The van der Waals surface area contributed by atoms with E-state index < -0.39 is 0 Å². The zero-order chi connectivity index (χ0) is 37.2. The van der Waals surface area contributed by atoms with Crippen molar-refractivity contribution in [1.29, 1.82) is 0 Å². The molecule has 4 aliphatic carbocycles. The molecule has 4 aliphatic rings. The maximum absolute atomic E-state index is 5.29. The minimum atomic E-state index is 0.267. The van der Waals surface area contributed by atoms with Gasteiger partial charge in [-0.1, -0.05) is 140 Å². The third-order valence-corrected chi connectivity index (χ3v) is 13.7. The van der Waals surface area contributed by atoms with Crippen molar-refractivity contribution < 1.29 is 0 Å². The third kappa shape index (κ3) is 4.50. The van der Waals surface area contributed by atoms with Gasteiger partial charge in [0.15, 0.2) is 0 Å². The average molecular weight is 742 g/mol. The average Bonchev–Trinajstić information content (AvgIpc) is 3.66. The first-order valence-electron chi connectivity index (χ1n) is 19.6. The molecular formula is C53H31N3S. The quantitative estimate of drug-likeness (QED) is 0.169. The molecule has 57 heavy (non-hydrogen) atoms. The van der Waals surface area contributed by atoms with Gasteiger partial charge in [-0.3, -0.25) is 9.97 Å². The molecule has 5 aromatic carbocycles. The first-order valence-corrected chi connectivity index (χ1v) is 20.4. The van der Waals surface area contributed by atoms with Crippen LogP contribution in [0.2, 0.25) is 0 Å². The van der Waals surface area contributed by atoms with Crippen LogP contribution < -0.4 is 0 Å². The highest BCUT2D eigenvalue weighted by molar-refractivity contribution is 7.26. The Labute approximate surface area is 332 Å². The number of thiophene rings is 1. The second-order valence-electron chi connectivity index (χ2n) is 15.5. The molecule has 0 spiro atoms. The Morgan fingerprint density at radius 1 is 0.509 bits per heavy atom. The lowest BCUT2D eigenvalue weighted by atomic mass is 9.61. The lowest BCUT2D eigenvalue weighted by molar-refractivity contribution is 0.568. The number of rotatable bonds is 3. The van der Waals surface area contributed by atoms with Gasteiger partial charge >= 0.3 is 0 Å². The number of fused-ring (bicyclic) bond motifs is 10. The number of benzene rings is 5. The van der Waals surface area contributed by atoms with Gasteiger partial charge in [0.05, 0.1) is 22.2 Å². The van der Waals surface area contributed by atoms with Gasteiger partial charge in [0.2, 0.25) is 0 Å². The lowest BCUT2D eigenvalue weighted by Crippen LogP contribution is -2.29. The van der Waals surface area contributed by atoms with Crippen LogP contribution in [0.15, 0.2) is 199 Å². The molecule has 4 aromatic heterocycles. The normalized spacial score (nSPS) is 18.4. The van der Waals surface area contributed by atoms with Crippen LogP contribution in [0.1, 0.15) is 11.1 Å². The van der Waals surface area contributed by atoms with Gasteiger partial charge < -0.3 is 0 Å². The van der Waals surface area contributed by atoms with E-state index >= 15 is 0 Å². The van der Waals surface area contributed by atoms with E-state index in [1.54, 1.807) is 0 Å². The number of para-hydroxylation sites is 1. The van der Waals surface area contributed by atoms with E-state index in [0.29, 0.717) is 0 Å². The number of pyridine rings is 3. The Kier molecular flexibility index (Phi) is 6.44. The Bertz CT molecular complexity index is 3510. The van der Waals surface area contributed by atoms with E-state index in [2.05, 4.69) is 158 Å². The minimum Gasteiger partial charge on any atom is -0.254 e. The zero-order valence-corrected chi connectivity index (χ0v) is 31.5. The summed E-state index contributed by atoms with van der Waals surface area (Å²) in [6, 6.07) is 41.6. The molecule has 0 bridgehead atoms. The van der Waals surface area contributed by atoms with Crippen molar-refractivity contribution in [3.05, 3.63) is 210 Å². The smallest absolute Gasteiger partial charge is 0.0970 e. The molecule has 4 heterocycles. The summed E-state index contributed by atoms with van der Waals surface area (Å²) in [5, 5.41) is 8.57. The number of hydrogen-bond acceptors (Lipinski definition) is 4. The maximum Gasteiger partial charge on any atom is 0.0970 e.